The summed E-state index contributed by atoms with van der Waals surface area (Å²) in [7, 11) is 0. The van der Waals surface area contributed by atoms with Crippen LogP contribution in [0.5, 0.6) is 0 Å². The van der Waals surface area contributed by atoms with Gasteiger partial charge in [-0.2, -0.15) is 4.39 Å². The number of halogens is 1. The average Bonchev–Trinajstić information content (AvgIpc) is 2.62. The number of aromatic nitrogens is 1. The van der Waals surface area contributed by atoms with Gasteiger partial charge in [0.1, 0.15) is 0 Å². The lowest BCUT2D eigenvalue weighted by Crippen LogP contribution is -2.39. The fourth-order valence-corrected chi connectivity index (χ4v) is 2.57. The van der Waals surface area contributed by atoms with Crippen LogP contribution >= 0.6 is 0 Å². The first kappa shape index (κ1) is 13.0. The second-order valence-electron chi connectivity index (χ2n) is 4.78. The molecule has 98 valence electrons. The molecule has 1 aromatic heterocycles. The molecule has 2 heterocycles. The zero-order valence-electron chi connectivity index (χ0n) is 10.7. The molecule has 18 heavy (non-hydrogen) atoms. The summed E-state index contributed by atoms with van der Waals surface area (Å²) in [5.74, 6) is -0.659. The number of nitrogens with zero attached hydrogens (tertiary/aromatic N) is 2. The zero-order chi connectivity index (χ0) is 13.0. The van der Waals surface area contributed by atoms with Crippen LogP contribution in [0.25, 0.3) is 0 Å². The first-order valence-electron chi connectivity index (χ1n) is 6.65. The van der Waals surface area contributed by atoms with Crippen LogP contribution < -0.4 is 0 Å². The van der Waals surface area contributed by atoms with Crippen molar-refractivity contribution in [1.29, 1.82) is 0 Å². The summed E-state index contributed by atoms with van der Waals surface area (Å²) in [6, 6.07) is 3.10. The molecule has 0 bridgehead atoms. The highest BCUT2D eigenvalue weighted by molar-refractivity contribution is 5.94. The van der Waals surface area contributed by atoms with E-state index in [2.05, 4.69) is 11.9 Å². The third-order valence-corrected chi connectivity index (χ3v) is 3.58. The summed E-state index contributed by atoms with van der Waals surface area (Å²) in [6.45, 7) is 2.88. The number of hydrogen-bond acceptors (Lipinski definition) is 2. The monoisotopic (exact) mass is 250 g/mol. The third kappa shape index (κ3) is 2.86. The Balaban J connectivity index is 2.19. The lowest BCUT2D eigenvalue weighted by Gasteiger charge is -2.29. The van der Waals surface area contributed by atoms with E-state index < -0.39 is 5.95 Å². The van der Waals surface area contributed by atoms with Gasteiger partial charge in [-0.1, -0.05) is 19.8 Å². The van der Waals surface area contributed by atoms with E-state index in [0.29, 0.717) is 5.56 Å². The molecule has 1 aliphatic rings. The van der Waals surface area contributed by atoms with Crippen molar-refractivity contribution in [2.45, 2.75) is 45.1 Å². The third-order valence-electron chi connectivity index (χ3n) is 3.58. The topological polar surface area (TPSA) is 33.2 Å². The van der Waals surface area contributed by atoms with Crippen LogP contribution in [0.1, 0.15) is 49.4 Å². The molecule has 1 unspecified atom stereocenters. The number of rotatable bonds is 2. The van der Waals surface area contributed by atoms with E-state index in [4.69, 9.17) is 0 Å². The number of hydrogen-bond donors (Lipinski definition) is 0. The quantitative estimate of drug-likeness (QED) is 0.756. The second kappa shape index (κ2) is 5.94. The van der Waals surface area contributed by atoms with Gasteiger partial charge < -0.3 is 4.90 Å². The molecular formula is C14H19FN2O. The molecule has 0 saturated carbocycles. The fourth-order valence-electron chi connectivity index (χ4n) is 2.57. The molecule has 0 N–H and O–H groups in total. The fraction of sp³-hybridized carbons (Fsp3) is 0.571. The van der Waals surface area contributed by atoms with Crippen LogP contribution in [-0.2, 0) is 0 Å². The Hall–Kier alpha value is -1.45. The summed E-state index contributed by atoms with van der Waals surface area (Å²) in [5.41, 5.74) is 0.405. The van der Waals surface area contributed by atoms with Crippen molar-refractivity contribution < 1.29 is 9.18 Å². The van der Waals surface area contributed by atoms with Crippen LogP contribution in [-0.4, -0.2) is 28.4 Å². The number of amides is 1. The Morgan fingerprint density at radius 3 is 3.06 bits per heavy atom. The van der Waals surface area contributed by atoms with E-state index in [1.807, 2.05) is 4.90 Å². The molecule has 1 saturated heterocycles. The Morgan fingerprint density at radius 1 is 1.50 bits per heavy atom. The van der Waals surface area contributed by atoms with Gasteiger partial charge in [0.05, 0.1) is 0 Å². The van der Waals surface area contributed by atoms with Crippen molar-refractivity contribution in [3.63, 3.8) is 0 Å². The highest BCUT2D eigenvalue weighted by Crippen LogP contribution is 2.21. The van der Waals surface area contributed by atoms with E-state index >= 15 is 0 Å². The van der Waals surface area contributed by atoms with Crippen LogP contribution in [0, 0.1) is 5.95 Å². The van der Waals surface area contributed by atoms with E-state index in [0.717, 1.165) is 25.8 Å². The molecule has 0 aromatic carbocycles. The molecule has 1 amide bonds. The zero-order valence-corrected chi connectivity index (χ0v) is 10.7. The molecule has 0 radical (unpaired) electrons. The van der Waals surface area contributed by atoms with E-state index in [-0.39, 0.29) is 11.9 Å². The van der Waals surface area contributed by atoms with E-state index in [1.165, 1.54) is 25.1 Å². The van der Waals surface area contributed by atoms with Gasteiger partial charge in [0.15, 0.2) is 0 Å². The van der Waals surface area contributed by atoms with Crippen LogP contribution in [0.15, 0.2) is 18.3 Å². The van der Waals surface area contributed by atoms with Crippen molar-refractivity contribution in [2.24, 2.45) is 0 Å². The average molecular weight is 250 g/mol. The lowest BCUT2D eigenvalue weighted by molar-refractivity contribution is 0.0677. The van der Waals surface area contributed by atoms with Gasteiger partial charge in [-0.15, -0.1) is 0 Å². The predicted octanol–water partition coefficient (Wildman–Crippen LogP) is 3.02. The summed E-state index contributed by atoms with van der Waals surface area (Å²) >= 11 is 0. The molecule has 4 heteroatoms. The Morgan fingerprint density at radius 2 is 2.33 bits per heavy atom. The van der Waals surface area contributed by atoms with Gasteiger partial charge in [-0.3, -0.25) is 4.79 Å². The molecule has 1 fully saturated rings. The largest absolute Gasteiger partial charge is 0.336 e. The molecule has 1 atom stereocenters. The molecule has 1 aromatic rings. The standard InChI is InChI=1S/C14H19FN2O/c1-2-12-6-4-3-5-9-17(12)14(18)11-7-8-16-13(15)10-11/h7-8,10,12H,2-6,9H2,1H3. The van der Waals surface area contributed by atoms with E-state index in [1.54, 1.807) is 6.07 Å². The van der Waals surface area contributed by atoms with Crippen molar-refractivity contribution >= 4 is 5.91 Å². The van der Waals surface area contributed by atoms with Crippen molar-refractivity contribution in [3.05, 3.63) is 29.8 Å². The van der Waals surface area contributed by atoms with Crippen LogP contribution in [0.2, 0.25) is 0 Å². The Labute approximate surface area is 107 Å². The summed E-state index contributed by atoms with van der Waals surface area (Å²) < 4.78 is 13.1. The molecular weight excluding hydrogens is 231 g/mol. The SMILES string of the molecule is CCC1CCCCCN1C(=O)c1ccnc(F)c1. The van der Waals surface area contributed by atoms with Gasteiger partial charge in [-0.25, -0.2) is 4.98 Å². The van der Waals surface area contributed by atoms with Crippen LogP contribution in [0.4, 0.5) is 4.39 Å². The van der Waals surface area contributed by atoms with Gasteiger partial charge in [0.2, 0.25) is 5.95 Å². The Kier molecular flexibility index (Phi) is 4.28. The normalized spacial score (nSPS) is 20.6. The first-order chi connectivity index (χ1) is 8.72. The first-order valence-corrected chi connectivity index (χ1v) is 6.65. The Bertz CT molecular complexity index is 422. The maximum atomic E-state index is 13.1. The number of carbonyl (C=O) groups excluding carboxylic acids is 1. The summed E-state index contributed by atoms with van der Waals surface area (Å²) in [5, 5.41) is 0. The highest BCUT2D eigenvalue weighted by Gasteiger charge is 2.25. The maximum absolute atomic E-state index is 13.1. The number of carbonyl (C=O) groups is 1. The number of pyridine rings is 1. The maximum Gasteiger partial charge on any atom is 0.254 e. The smallest absolute Gasteiger partial charge is 0.254 e. The van der Waals surface area contributed by atoms with Gasteiger partial charge in [0.25, 0.3) is 5.91 Å². The van der Waals surface area contributed by atoms with Crippen molar-refractivity contribution in [1.82, 2.24) is 9.88 Å². The minimum Gasteiger partial charge on any atom is -0.336 e. The minimum absolute atomic E-state index is 0.0648. The molecule has 0 aliphatic carbocycles. The molecule has 0 spiro atoms. The molecule has 2 rings (SSSR count). The molecule has 3 nitrogen and oxygen atoms in total. The second-order valence-corrected chi connectivity index (χ2v) is 4.78. The molecule has 1 aliphatic heterocycles. The summed E-state index contributed by atoms with van der Waals surface area (Å²) in [6.07, 6.45) is 6.74. The van der Waals surface area contributed by atoms with Crippen molar-refractivity contribution in [2.75, 3.05) is 6.54 Å². The van der Waals surface area contributed by atoms with Crippen LogP contribution in [0.3, 0.4) is 0 Å². The van der Waals surface area contributed by atoms with Gasteiger partial charge >= 0.3 is 0 Å². The lowest BCUT2D eigenvalue weighted by atomic mass is 10.1. The summed E-state index contributed by atoms with van der Waals surface area (Å²) in [4.78, 5) is 17.8. The predicted molar refractivity (Wildman–Crippen MR) is 67.8 cm³/mol. The minimum atomic E-state index is -0.594. The number of likely N-dealkylation sites (tertiary alicyclic amines) is 1. The van der Waals surface area contributed by atoms with Gasteiger partial charge in [0, 0.05) is 30.4 Å². The van der Waals surface area contributed by atoms with Crippen molar-refractivity contribution in [3.8, 4) is 0 Å². The van der Waals surface area contributed by atoms with E-state index in [9.17, 15) is 9.18 Å². The highest BCUT2D eigenvalue weighted by atomic mass is 19.1. The van der Waals surface area contributed by atoms with Gasteiger partial charge in [-0.05, 0) is 25.3 Å².